The normalized spacial score (nSPS) is 11.6. The third-order valence-corrected chi connectivity index (χ3v) is 4.21. The average Bonchev–Trinajstić information content (AvgIpc) is 2.56. The monoisotopic (exact) mass is 329 g/mol. The SMILES string of the molecule is CCOC(=O)N[C@H](Sc1ccc(C)cc1)C(=O)c1ccccc1. The van der Waals surface area contributed by atoms with Gasteiger partial charge in [0.2, 0.25) is 0 Å². The predicted octanol–water partition coefficient (Wildman–Crippen LogP) is 4.04. The van der Waals surface area contributed by atoms with Crippen LogP contribution in [0.2, 0.25) is 0 Å². The third kappa shape index (κ3) is 5.14. The number of amides is 1. The van der Waals surface area contributed by atoms with Crippen LogP contribution in [-0.4, -0.2) is 23.9 Å². The molecule has 0 fully saturated rings. The minimum atomic E-state index is -0.737. The number of hydrogen-bond acceptors (Lipinski definition) is 4. The summed E-state index contributed by atoms with van der Waals surface area (Å²) in [4.78, 5) is 25.3. The zero-order valence-electron chi connectivity index (χ0n) is 13.1. The maximum absolute atomic E-state index is 12.7. The van der Waals surface area contributed by atoms with Gasteiger partial charge in [-0.25, -0.2) is 4.79 Å². The number of benzene rings is 2. The van der Waals surface area contributed by atoms with Gasteiger partial charge in [0, 0.05) is 10.5 Å². The smallest absolute Gasteiger partial charge is 0.408 e. The summed E-state index contributed by atoms with van der Waals surface area (Å²) in [7, 11) is 0. The Labute approximate surface area is 140 Å². The Bertz CT molecular complexity index is 656. The zero-order valence-corrected chi connectivity index (χ0v) is 13.9. The van der Waals surface area contributed by atoms with Gasteiger partial charge in [0.15, 0.2) is 5.78 Å². The van der Waals surface area contributed by atoms with Gasteiger partial charge < -0.3 is 10.1 Å². The van der Waals surface area contributed by atoms with E-state index < -0.39 is 11.5 Å². The van der Waals surface area contributed by atoms with Crippen LogP contribution in [0.5, 0.6) is 0 Å². The van der Waals surface area contributed by atoms with Crippen molar-refractivity contribution in [3.63, 3.8) is 0 Å². The van der Waals surface area contributed by atoms with E-state index in [4.69, 9.17) is 4.74 Å². The number of carbonyl (C=O) groups is 2. The van der Waals surface area contributed by atoms with E-state index >= 15 is 0 Å². The summed E-state index contributed by atoms with van der Waals surface area (Å²) in [5.74, 6) is -0.163. The highest BCUT2D eigenvalue weighted by Gasteiger charge is 2.23. The maximum atomic E-state index is 12.7. The molecule has 0 saturated carbocycles. The fraction of sp³-hybridized carbons (Fsp3) is 0.222. The molecular weight excluding hydrogens is 310 g/mol. The van der Waals surface area contributed by atoms with Crippen LogP contribution >= 0.6 is 11.8 Å². The molecule has 1 atom stereocenters. The van der Waals surface area contributed by atoms with Gasteiger partial charge in [-0.3, -0.25) is 4.79 Å². The number of rotatable bonds is 6. The average molecular weight is 329 g/mol. The summed E-state index contributed by atoms with van der Waals surface area (Å²) in [6.45, 7) is 3.98. The van der Waals surface area contributed by atoms with Crippen molar-refractivity contribution in [3.05, 3.63) is 65.7 Å². The van der Waals surface area contributed by atoms with Gasteiger partial charge in [0.1, 0.15) is 5.37 Å². The number of aryl methyl sites for hydroxylation is 1. The number of Topliss-reactive ketones (excluding diaryl/α,β-unsaturated/α-hetero) is 1. The molecule has 2 rings (SSSR count). The Balaban J connectivity index is 2.18. The minimum Gasteiger partial charge on any atom is -0.450 e. The fourth-order valence-electron chi connectivity index (χ4n) is 1.94. The van der Waals surface area contributed by atoms with Gasteiger partial charge in [-0.1, -0.05) is 59.8 Å². The summed E-state index contributed by atoms with van der Waals surface area (Å²) in [6.07, 6.45) is -0.596. The van der Waals surface area contributed by atoms with Crippen LogP contribution in [0.15, 0.2) is 59.5 Å². The van der Waals surface area contributed by atoms with E-state index in [0.717, 1.165) is 10.5 Å². The second-order valence-corrected chi connectivity index (χ2v) is 6.08. The molecule has 0 bridgehead atoms. The van der Waals surface area contributed by atoms with Crippen LogP contribution in [-0.2, 0) is 4.74 Å². The third-order valence-electron chi connectivity index (χ3n) is 3.10. The van der Waals surface area contributed by atoms with Crippen molar-refractivity contribution in [2.24, 2.45) is 0 Å². The van der Waals surface area contributed by atoms with Crippen molar-refractivity contribution in [3.8, 4) is 0 Å². The first kappa shape index (κ1) is 17.1. The maximum Gasteiger partial charge on any atom is 0.408 e. The summed E-state index contributed by atoms with van der Waals surface area (Å²) in [6, 6.07) is 16.7. The quantitative estimate of drug-likeness (QED) is 0.494. The lowest BCUT2D eigenvalue weighted by atomic mass is 10.1. The fourth-order valence-corrected chi connectivity index (χ4v) is 2.90. The molecule has 120 valence electrons. The highest BCUT2D eigenvalue weighted by atomic mass is 32.2. The highest BCUT2D eigenvalue weighted by molar-refractivity contribution is 8.00. The number of thioether (sulfide) groups is 1. The molecule has 2 aromatic rings. The number of nitrogens with one attached hydrogen (secondary N) is 1. The van der Waals surface area contributed by atoms with Crippen molar-refractivity contribution in [2.45, 2.75) is 24.1 Å². The Hall–Kier alpha value is -2.27. The first-order valence-corrected chi connectivity index (χ1v) is 8.24. The van der Waals surface area contributed by atoms with Gasteiger partial charge >= 0.3 is 6.09 Å². The van der Waals surface area contributed by atoms with Crippen molar-refractivity contribution < 1.29 is 14.3 Å². The molecular formula is C18H19NO3S. The summed E-state index contributed by atoms with van der Waals surface area (Å²) >= 11 is 1.29. The predicted molar refractivity (Wildman–Crippen MR) is 91.8 cm³/mol. The Kier molecular flexibility index (Phi) is 6.23. The zero-order chi connectivity index (χ0) is 16.7. The van der Waals surface area contributed by atoms with Gasteiger partial charge in [-0.05, 0) is 26.0 Å². The number of alkyl carbamates (subject to hydrolysis) is 1. The largest absolute Gasteiger partial charge is 0.450 e. The van der Waals surface area contributed by atoms with E-state index in [1.807, 2.05) is 37.3 Å². The van der Waals surface area contributed by atoms with Crippen LogP contribution in [0.1, 0.15) is 22.8 Å². The van der Waals surface area contributed by atoms with Crippen LogP contribution in [0.25, 0.3) is 0 Å². The first-order chi connectivity index (χ1) is 11.1. The van der Waals surface area contributed by atoms with E-state index in [1.165, 1.54) is 11.8 Å². The van der Waals surface area contributed by atoms with Crippen LogP contribution in [0, 0.1) is 6.92 Å². The van der Waals surface area contributed by atoms with Crippen LogP contribution < -0.4 is 5.32 Å². The lowest BCUT2D eigenvalue weighted by Gasteiger charge is -2.17. The second-order valence-electron chi connectivity index (χ2n) is 4.91. The molecule has 1 amide bonds. The van der Waals surface area contributed by atoms with E-state index in [-0.39, 0.29) is 12.4 Å². The number of ketones is 1. The summed E-state index contributed by atoms with van der Waals surface area (Å²) in [5.41, 5.74) is 1.69. The molecule has 0 unspecified atom stereocenters. The van der Waals surface area contributed by atoms with Crippen molar-refractivity contribution in [1.29, 1.82) is 0 Å². The molecule has 1 N–H and O–H groups in total. The number of carbonyl (C=O) groups excluding carboxylic acids is 2. The van der Waals surface area contributed by atoms with E-state index in [0.29, 0.717) is 5.56 Å². The Morgan fingerprint density at radius 1 is 1.09 bits per heavy atom. The van der Waals surface area contributed by atoms with E-state index in [1.54, 1.807) is 31.2 Å². The van der Waals surface area contributed by atoms with Gasteiger partial charge in [-0.15, -0.1) is 0 Å². The van der Waals surface area contributed by atoms with Crippen molar-refractivity contribution >= 4 is 23.6 Å². The van der Waals surface area contributed by atoms with Crippen LogP contribution in [0.4, 0.5) is 4.79 Å². The lowest BCUT2D eigenvalue weighted by molar-refractivity contribution is 0.0964. The topological polar surface area (TPSA) is 55.4 Å². The summed E-state index contributed by atoms with van der Waals surface area (Å²) in [5, 5.41) is 1.89. The Morgan fingerprint density at radius 2 is 1.74 bits per heavy atom. The van der Waals surface area contributed by atoms with E-state index in [9.17, 15) is 9.59 Å². The molecule has 0 aliphatic heterocycles. The molecule has 0 aliphatic carbocycles. The van der Waals surface area contributed by atoms with Gasteiger partial charge in [0.25, 0.3) is 0 Å². The molecule has 4 nitrogen and oxygen atoms in total. The lowest BCUT2D eigenvalue weighted by Crippen LogP contribution is -2.38. The molecule has 2 aromatic carbocycles. The number of hydrogen-bond donors (Lipinski definition) is 1. The van der Waals surface area contributed by atoms with E-state index in [2.05, 4.69) is 5.32 Å². The summed E-state index contributed by atoms with van der Waals surface area (Å²) < 4.78 is 4.90. The molecule has 0 aromatic heterocycles. The number of ether oxygens (including phenoxy) is 1. The van der Waals surface area contributed by atoms with Crippen LogP contribution in [0.3, 0.4) is 0 Å². The Morgan fingerprint density at radius 3 is 2.35 bits per heavy atom. The second kappa shape index (κ2) is 8.39. The van der Waals surface area contributed by atoms with Gasteiger partial charge in [-0.2, -0.15) is 0 Å². The standard InChI is InChI=1S/C18H19NO3S/c1-3-22-18(21)19-17(16(20)14-7-5-4-6-8-14)23-15-11-9-13(2)10-12-15/h4-12,17H,3H2,1-2H3,(H,19,21)/t17-/m1/s1. The molecule has 5 heteroatoms. The molecule has 0 radical (unpaired) electrons. The first-order valence-electron chi connectivity index (χ1n) is 7.36. The molecule has 23 heavy (non-hydrogen) atoms. The van der Waals surface area contributed by atoms with Gasteiger partial charge in [0.05, 0.1) is 6.61 Å². The molecule has 0 aliphatic rings. The molecule has 0 saturated heterocycles. The molecule has 0 spiro atoms. The molecule has 0 heterocycles. The highest BCUT2D eigenvalue weighted by Crippen LogP contribution is 2.25. The minimum absolute atomic E-state index is 0.163. The van der Waals surface area contributed by atoms with Crippen molar-refractivity contribution in [2.75, 3.05) is 6.61 Å². The van der Waals surface area contributed by atoms with Crippen molar-refractivity contribution in [1.82, 2.24) is 5.32 Å².